The molecular formula is C14H21NOS. The van der Waals surface area contributed by atoms with Crippen molar-refractivity contribution >= 4 is 11.8 Å². The Morgan fingerprint density at radius 1 is 1.47 bits per heavy atom. The lowest BCUT2D eigenvalue weighted by atomic mass is 9.99. The van der Waals surface area contributed by atoms with Crippen LogP contribution in [0.2, 0.25) is 0 Å². The Hall–Kier alpha value is -0.510. The number of aliphatic hydroxyl groups is 1. The lowest BCUT2D eigenvalue weighted by Crippen LogP contribution is -2.29. The van der Waals surface area contributed by atoms with Gasteiger partial charge in [-0.1, -0.05) is 31.2 Å². The lowest BCUT2D eigenvalue weighted by molar-refractivity contribution is 0.231. The molecule has 0 saturated heterocycles. The van der Waals surface area contributed by atoms with Crippen molar-refractivity contribution in [3.8, 4) is 0 Å². The van der Waals surface area contributed by atoms with Crippen LogP contribution in [0.1, 0.15) is 24.1 Å². The third-order valence-electron chi connectivity index (χ3n) is 3.26. The highest BCUT2D eigenvalue weighted by molar-refractivity contribution is 7.99. The summed E-state index contributed by atoms with van der Waals surface area (Å²) in [6, 6.07) is 9.17. The minimum atomic E-state index is 0.258. The molecule has 1 aromatic rings. The van der Waals surface area contributed by atoms with Gasteiger partial charge in [-0.2, -0.15) is 11.8 Å². The number of rotatable bonds is 4. The van der Waals surface area contributed by atoms with Crippen molar-refractivity contribution < 1.29 is 5.11 Å². The summed E-state index contributed by atoms with van der Waals surface area (Å²) in [5, 5.41) is 12.7. The van der Waals surface area contributed by atoms with Crippen molar-refractivity contribution in [1.29, 1.82) is 0 Å². The van der Waals surface area contributed by atoms with Crippen LogP contribution in [0, 0.1) is 5.92 Å². The van der Waals surface area contributed by atoms with E-state index in [9.17, 15) is 0 Å². The number of hydrogen-bond acceptors (Lipinski definition) is 3. The number of aryl methyl sites for hydroxylation is 1. The summed E-state index contributed by atoms with van der Waals surface area (Å²) in [6.07, 6.45) is 1.18. The Labute approximate surface area is 108 Å². The van der Waals surface area contributed by atoms with Gasteiger partial charge in [0.1, 0.15) is 0 Å². The van der Waals surface area contributed by atoms with E-state index in [2.05, 4.69) is 36.5 Å². The Morgan fingerprint density at radius 3 is 3.12 bits per heavy atom. The zero-order chi connectivity index (χ0) is 12.1. The smallest absolute Gasteiger partial charge is 0.0468 e. The van der Waals surface area contributed by atoms with Crippen LogP contribution in [0.3, 0.4) is 0 Å². The van der Waals surface area contributed by atoms with Gasteiger partial charge in [0, 0.05) is 24.9 Å². The minimum absolute atomic E-state index is 0.258. The van der Waals surface area contributed by atoms with Gasteiger partial charge < -0.3 is 10.4 Å². The van der Waals surface area contributed by atoms with Gasteiger partial charge in [0.15, 0.2) is 0 Å². The summed E-state index contributed by atoms with van der Waals surface area (Å²) < 4.78 is 0. The molecule has 17 heavy (non-hydrogen) atoms. The van der Waals surface area contributed by atoms with Gasteiger partial charge >= 0.3 is 0 Å². The quantitative estimate of drug-likeness (QED) is 0.861. The normalized spacial score (nSPS) is 21.6. The van der Waals surface area contributed by atoms with Crippen LogP contribution in [0.15, 0.2) is 24.3 Å². The highest BCUT2D eigenvalue weighted by atomic mass is 32.2. The van der Waals surface area contributed by atoms with Gasteiger partial charge in [-0.15, -0.1) is 0 Å². The first kappa shape index (κ1) is 12.9. The number of fused-ring (bicyclic) bond motifs is 1. The number of hydrogen-bond donors (Lipinski definition) is 2. The van der Waals surface area contributed by atoms with Crippen LogP contribution >= 0.6 is 11.8 Å². The Morgan fingerprint density at radius 2 is 2.29 bits per heavy atom. The molecule has 2 nitrogen and oxygen atoms in total. The van der Waals surface area contributed by atoms with E-state index in [-0.39, 0.29) is 6.61 Å². The van der Waals surface area contributed by atoms with Crippen molar-refractivity contribution in [2.45, 2.75) is 19.4 Å². The monoisotopic (exact) mass is 251 g/mol. The van der Waals surface area contributed by atoms with Gasteiger partial charge in [0.05, 0.1) is 0 Å². The van der Waals surface area contributed by atoms with Crippen LogP contribution in [-0.2, 0) is 6.42 Å². The van der Waals surface area contributed by atoms with Gasteiger partial charge in [0.2, 0.25) is 0 Å². The summed E-state index contributed by atoms with van der Waals surface area (Å²) in [5.74, 6) is 2.68. The highest BCUT2D eigenvalue weighted by Crippen LogP contribution is 2.27. The fraction of sp³-hybridized carbons (Fsp3) is 0.571. The maximum absolute atomic E-state index is 9.07. The number of aliphatic hydroxyl groups excluding tert-OH is 1. The third-order valence-corrected chi connectivity index (χ3v) is 4.32. The van der Waals surface area contributed by atoms with Crippen molar-refractivity contribution in [3.63, 3.8) is 0 Å². The van der Waals surface area contributed by atoms with Gasteiger partial charge in [0.25, 0.3) is 0 Å². The molecule has 1 aromatic carbocycles. The molecule has 0 fully saturated rings. The zero-order valence-electron chi connectivity index (χ0n) is 10.4. The first-order valence-corrected chi connectivity index (χ1v) is 7.46. The molecule has 0 aliphatic carbocycles. The van der Waals surface area contributed by atoms with E-state index >= 15 is 0 Å². The number of thioether (sulfide) groups is 1. The number of benzene rings is 1. The van der Waals surface area contributed by atoms with Crippen LogP contribution in [0.5, 0.6) is 0 Å². The Kier molecular flexibility index (Phi) is 4.89. The van der Waals surface area contributed by atoms with Gasteiger partial charge in [-0.3, -0.25) is 0 Å². The van der Waals surface area contributed by atoms with Crippen molar-refractivity contribution in [2.75, 3.05) is 24.7 Å². The molecule has 2 atom stereocenters. The maximum atomic E-state index is 9.07. The maximum Gasteiger partial charge on any atom is 0.0468 e. The standard InChI is InChI=1S/C14H21NOS/c1-11(9-16)8-15-14-10-17-7-6-12-4-2-3-5-13(12)14/h2-5,11,14-16H,6-10H2,1H3. The first-order chi connectivity index (χ1) is 8.31. The lowest BCUT2D eigenvalue weighted by Gasteiger charge is -2.20. The molecule has 1 aliphatic heterocycles. The minimum Gasteiger partial charge on any atom is -0.396 e. The molecule has 0 spiro atoms. The van der Waals surface area contributed by atoms with E-state index < -0.39 is 0 Å². The van der Waals surface area contributed by atoms with E-state index in [1.807, 2.05) is 11.8 Å². The molecule has 1 heterocycles. The molecule has 0 radical (unpaired) electrons. The largest absolute Gasteiger partial charge is 0.396 e. The molecule has 94 valence electrons. The molecule has 0 aromatic heterocycles. The van der Waals surface area contributed by atoms with E-state index in [1.165, 1.54) is 23.3 Å². The summed E-state index contributed by atoms with van der Waals surface area (Å²) >= 11 is 2.01. The molecular weight excluding hydrogens is 230 g/mol. The van der Waals surface area contributed by atoms with E-state index in [0.717, 1.165) is 12.3 Å². The molecule has 2 unspecified atom stereocenters. The van der Waals surface area contributed by atoms with Crippen molar-refractivity contribution in [3.05, 3.63) is 35.4 Å². The second-order valence-electron chi connectivity index (χ2n) is 4.77. The molecule has 0 saturated carbocycles. The van der Waals surface area contributed by atoms with Crippen LogP contribution in [0.4, 0.5) is 0 Å². The van der Waals surface area contributed by atoms with Crippen molar-refractivity contribution in [2.24, 2.45) is 5.92 Å². The molecule has 2 rings (SSSR count). The zero-order valence-corrected chi connectivity index (χ0v) is 11.2. The van der Waals surface area contributed by atoms with Crippen LogP contribution < -0.4 is 5.32 Å². The second-order valence-corrected chi connectivity index (χ2v) is 5.92. The third kappa shape index (κ3) is 3.47. The van der Waals surface area contributed by atoms with Crippen LogP contribution in [-0.4, -0.2) is 29.8 Å². The summed E-state index contributed by atoms with van der Waals surface area (Å²) in [7, 11) is 0. The Bertz CT molecular complexity index is 356. The van der Waals surface area contributed by atoms with E-state index in [1.54, 1.807) is 0 Å². The predicted octanol–water partition coefficient (Wildman–Crippen LogP) is 2.24. The highest BCUT2D eigenvalue weighted by Gasteiger charge is 2.18. The average molecular weight is 251 g/mol. The van der Waals surface area contributed by atoms with Gasteiger partial charge in [-0.05, 0) is 29.2 Å². The summed E-state index contributed by atoms with van der Waals surface area (Å²) in [5.41, 5.74) is 2.93. The van der Waals surface area contributed by atoms with Gasteiger partial charge in [-0.25, -0.2) is 0 Å². The Balaban J connectivity index is 2.06. The fourth-order valence-electron chi connectivity index (χ4n) is 2.15. The van der Waals surface area contributed by atoms with E-state index in [4.69, 9.17) is 5.11 Å². The predicted molar refractivity (Wildman–Crippen MR) is 74.5 cm³/mol. The fourth-order valence-corrected chi connectivity index (χ4v) is 3.22. The molecule has 1 aliphatic rings. The molecule has 0 bridgehead atoms. The average Bonchev–Trinajstić information content (AvgIpc) is 2.58. The topological polar surface area (TPSA) is 32.3 Å². The van der Waals surface area contributed by atoms with E-state index in [0.29, 0.717) is 12.0 Å². The molecule has 2 N–H and O–H groups in total. The van der Waals surface area contributed by atoms with Crippen LogP contribution in [0.25, 0.3) is 0 Å². The molecule has 3 heteroatoms. The SMILES string of the molecule is CC(CO)CNC1CSCCc2ccccc21. The second kappa shape index (κ2) is 6.43. The summed E-state index contributed by atoms with van der Waals surface area (Å²) in [4.78, 5) is 0. The molecule has 0 amide bonds. The van der Waals surface area contributed by atoms with Crippen molar-refractivity contribution in [1.82, 2.24) is 5.32 Å². The first-order valence-electron chi connectivity index (χ1n) is 6.31. The summed E-state index contributed by atoms with van der Waals surface area (Å²) in [6.45, 7) is 3.22. The number of nitrogens with one attached hydrogen (secondary N) is 1.